The number of anilines is 3. The van der Waals surface area contributed by atoms with Crippen LogP contribution in [0.25, 0.3) is 0 Å². The third-order valence-electron chi connectivity index (χ3n) is 3.55. The van der Waals surface area contributed by atoms with Gasteiger partial charge in [-0.05, 0) is 36.6 Å². The Hall–Kier alpha value is -1.86. The number of halogens is 1. The Morgan fingerprint density at radius 1 is 1.36 bits per heavy atom. The van der Waals surface area contributed by atoms with Crippen LogP contribution in [-0.2, 0) is 16.4 Å². The molecule has 8 heteroatoms. The van der Waals surface area contributed by atoms with Crippen LogP contribution in [0.2, 0.25) is 5.28 Å². The summed E-state index contributed by atoms with van der Waals surface area (Å²) in [5.74, 6) is 0.564. The van der Waals surface area contributed by atoms with Gasteiger partial charge in [0.1, 0.15) is 5.82 Å². The fourth-order valence-corrected chi connectivity index (χ4v) is 3.63. The monoisotopic (exact) mass is 338 g/mol. The van der Waals surface area contributed by atoms with E-state index in [-0.39, 0.29) is 5.28 Å². The van der Waals surface area contributed by atoms with Crippen molar-refractivity contribution in [2.24, 2.45) is 0 Å². The number of hydrogen-bond donors (Lipinski definition) is 1. The molecular formula is C14H15ClN4O2S. The molecule has 0 spiro atoms. The fraction of sp³-hybridized carbons (Fsp3) is 0.286. The predicted octanol–water partition coefficient (Wildman–Crippen LogP) is 2.50. The number of para-hydroxylation sites is 1. The van der Waals surface area contributed by atoms with Crippen molar-refractivity contribution in [1.29, 1.82) is 0 Å². The quantitative estimate of drug-likeness (QED) is 0.870. The van der Waals surface area contributed by atoms with Crippen molar-refractivity contribution in [3.63, 3.8) is 0 Å². The Kier molecular flexibility index (Phi) is 3.70. The van der Waals surface area contributed by atoms with Gasteiger partial charge in [0, 0.05) is 18.3 Å². The van der Waals surface area contributed by atoms with Crippen molar-refractivity contribution in [1.82, 2.24) is 9.97 Å². The maximum absolute atomic E-state index is 12.0. The lowest BCUT2D eigenvalue weighted by Crippen LogP contribution is -2.28. The zero-order chi connectivity index (χ0) is 15.9. The summed E-state index contributed by atoms with van der Waals surface area (Å²) in [5.41, 5.74) is 3.19. The van der Waals surface area contributed by atoms with Gasteiger partial charge in [-0.1, -0.05) is 12.1 Å². The van der Waals surface area contributed by atoms with E-state index in [0.29, 0.717) is 30.2 Å². The number of aryl methyl sites for hydroxylation is 1. The van der Waals surface area contributed by atoms with E-state index < -0.39 is 10.0 Å². The maximum Gasteiger partial charge on any atom is 0.232 e. The van der Waals surface area contributed by atoms with Gasteiger partial charge in [0.05, 0.1) is 17.6 Å². The molecule has 0 saturated heterocycles. The molecule has 22 heavy (non-hydrogen) atoms. The predicted molar refractivity (Wildman–Crippen MR) is 87.4 cm³/mol. The minimum absolute atomic E-state index is 0.139. The number of hydrogen-bond acceptors (Lipinski definition) is 5. The zero-order valence-corrected chi connectivity index (χ0v) is 13.7. The van der Waals surface area contributed by atoms with E-state index in [1.165, 1.54) is 10.6 Å². The number of aromatic nitrogens is 2. The normalized spacial score (nSPS) is 14.0. The lowest BCUT2D eigenvalue weighted by Gasteiger charge is -2.20. The Morgan fingerprint density at radius 2 is 2.14 bits per heavy atom. The van der Waals surface area contributed by atoms with Gasteiger partial charge in [-0.15, -0.1) is 0 Å². The number of nitrogens with zero attached hydrogens (tertiary/aromatic N) is 3. The van der Waals surface area contributed by atoms with Crippen LogP contribution < -0.4 is 9.62 Å². The van der Waals surface area contributed by atoms with Crippen molar-refractivity contribution < 1.29 is 8.42 Å². The second-order valence-corrected chi connectivity index (χ2v) is 7.44. The number of fused-ring (bicyclic) bond motifs is 1. The first kappa shape index (κ1) is 15.1. The van der Waals surface area contributed by atoms with Crippen molar-refractivity contribution in [2.45, 2.75) is 13.3 Å². The van der Waals surface area contributed by atoms with Crippen LogP contribution in [0.15, 0.2) is 24.4 Å². The topological polar surface area (TPSA) is 75.2 Å². The number of benzene rings is 1. The summed E-state index contributed by atoms with van der Waals surface area (Å²) >= 11 is 5.83. The van der Waals surface area contributed by atoms with Crippen molar-refractivity contribution >= 4 is 38.8 Å². The highest BCUT2D eigenvalue weighted by atomic mass is 35.5. The van der Waals surface area contributed by atoms with Gasteiger partial charge < -0.3 is 5.32 Å². The third-order valence-corrected chi connectivity index (χ3v) is 4.90. The molecule has 6 nitrogen and oxygen atoms in total. The van der Waals surface area contributed by atoms with E-state index in [1.807, 2.05) is 25.1 Å². The van der Waals surface area contributed by atoms with Gasteiger partial charge in [-0.2, -0.15) is 0 Å². The molecular weight excluding hydrogens is 324 g/mol. The molecule has 0 radical (unpaired) electrons. The van der Waals surface area contributed by atoms with E-state index in [0.717, 1.165) is 11.1 Å². The van der Waals surface area contributed by atoms with Gasteiger partial charge in [-0.25, -0.2) is 18.4 Å². The number of nitrogens with one attached hydrogen (secondary N) is 1. The van der Waals surface area contributed by atoms with Crippen LogP contribution in [0, 0.1) is 6.92 Å². The second-order valence-electron chi connectivity index (χ2n) is 5.19. The van der Waals surface area contributed by atoms with Crippen LogP contribution in [0.3, 0.4) is 0 Å². The Bertz CT molecular complexity index is 839. The van der Waals surface area contributed by atoms with Gasteiger partial charge in [0.25, 0.3) is 0 Å². The van der Waals surface area contributed by atoms with E-state index in [9.17, 15) is 8.42 Å². The average Bonchev–Trinajstić information content (AvgIpc) is 2.88. The first-order valence-corrected chi connectivity index (χ1v) is 8.94. The molecule has 0 aliphatic carbocycles. The summed E-state index contributed by atoms with van der Waals surface area (Å²) in [4.78, 5) is 8.07. The van der Waals surface area contributed by atoms with Crippen molar-refractivity contribution in [3.8, 4) is 0 Å². The lowest BCUT2D eigenvalue weighted by molar-refractivity contribution is 0.598. The molecule has 0 unspecified atom stereocenters. The van der Waals surface area contributed by atoms with Crippen LogP contribution in [-0.4, -0.2) is 31.2 Å². The summed E-state index contributed by atoms with van der Waals surface area (Å²) in [6.07, 6.45) is 3.53. The molecule has 0 bridgehead atoms. The van der Waals surface area contributed by atoms with Crippen LogP contribution >= 0.6 is 11.6 Å². The summed E-state index contributed by atoms with van der Waals surface area (Å²) < 4.78 is 25.4. The third kappa shape index (κ3) is 2.74. The highest BCUT2D eigenvalue weighted by Gasteiger charge is 2.28. The Morgan fingerprint density at radius 3 is 2.86 bits per heavy atom. The van der Waals surface area contributed by atoms with Gasteiger partial charge in [0.15, 0.2) is 0 Å². The smallest absolute Gasteiger partial charge is 0.232 e. The number of sulfonamides is 1. The minimum atomic E-state index is -3.31. The van der Waals surface area contributed by atoms with E-state index in [2.05, 4.69) is 15.3 Å². The second kappa shape index (κ2) is 5.40. The van der Waals surface area contributed by atoms with Crippen LogP contribution in [0.1, 0.15) is 11.1 Å². The van der Waals surface area contributed by atoms with Crippen LogP contribution in [0.5, 0.6) is 0 Å². The first-order valence-electron chi connectivity index (χ1n) is 6.72. The summed E-state index contributed by atoms with van der Waals surface area (Å²) in [7, 11) is -3.31. The summed E-state index contributed by atoms with van der Waals surface area (Å²) in [6.45, 7) is 2.31. The zero-order valence-electron chi connectivity index (χ0n) is 12.2. The Labute approximate surface area is 134 Å². The largest absolute Gasteiger partial charge is 0.338 e. The molecule has 3 rings (SSSR count). The molecule has 0 saturated carbocycles. The molecule has 1 aliphatic heterocycles. The highest BCUT2D eigenvalue weighted by Crippen LogP contribution is 2.38. The average molecular weight is 339 g/mol. The molecule has 1 aromatic carbocycles. The Balaban J connectivity index is 2.07. The fourth-order valence-electron chi connectivity index (χ4n) is 2.53. The standard InChI is InChI=1S/C14H15ClN4O2S/c1-9-8-16-14(15)18-13(9)17-11-5-3-4-10-6-7-19(12(10)11)22(2,20)21/h3-5,8H,6-7H2,1-2H3,(H,16,17,18). The SMILES string of the molecule is Cc1cnc(Cl)nc1Nc1cccc2c1N(S(C)(=O)=O)CC2. The van der Waals surface area contributed by atoms with Gasteiger partial charge in [0.2, 0.25) is 15.3 Å². The lowest BCUT2D eigenvalue weighted by atomic mass is 10.1. The van der Waals surface area contributed by atoms with E-state index in [1.54, 1.807) is 6.20 Å². The summed E-state index contributed by atoms with van der Waals surface area (Å²) in [6, 6.07) is 5.66. The van der Waals surface area contributed by atoms with E-state index in [4.69, 9.17) is 11.6 Å². The van der Waals surface area contributed by atoms with Crippen molar-refractivity contribution in [3.05, 3.63) is 40.8 Å². The van der Waals surface area contributed by atoms with Gasteiger partial charge >= 0.3 is 0 Å². The minimum Gasteiger partial charge on any atom is -0.338 e. The molecule has 0 amide bonds. The number of rotatable bonds is 3. The molecule has 0 atom stereocenters. The molecule has 1 aliphatic rings. The highest BCUT2D eigenvalue weighted by molar-refractivity contribution is 7.92. The molecule has 1 aromatic heterocycles. The molecule has 116 valence electrons. The molecule has 2 aromatic rings. The summed E-state index contributed by atoms with van der Waals surface area (Å²) in [5, 5.41) is 3.31. The van der Waals surface area contributed by atoms with E-state index >= 15 is 0 Å². The van der Waals surface area contributed by atoms with Crippen molar-refractivity contribution in [2.75, 3.05) is 22.4 Å². The molecule has 0 fully saturated rings. The van der Waals surface area contributed by atoms with Crippen LogP contribution in [0.4, 0.5) is 17.2 Å². The molecule has 1 N–H and O–H groups in total. The molecule has 2 heterocycles. The first-order chi connectivity index (χ1) is 10.4. The van der Waals surface area contributed by atoms with Gasteiger partial charge in [-0.3, -0.25) is 4.31 Å². The maximum atomic E-state index is 12.0.